The third kappa shape index (κ3) is 4.16. The Morgan fingerprint density at radius 3 is 2.61 bits per heavy atom. The molecule has 6 heteroatoms. The molecular formula is C25H23N3O2S. The molecule has 156 valence electrons. The molecule has 0 atom stereocenters. The number of hydrogen-bond acceptors (Lipinski definition) is 5. The highest BCUT2D eigenvalue weighted by atomic mass is 32.1. The highest BCUT2D eigenvalue weighted by molar-refractivity contribution is 7.18. The molecule has 0 fully saturated rings. The van der Waals surface area contributed by atoms with E-state index in [4.69, 9.17) is 14.7 Å². The molecule has 0 saturated carbocycles. The van der Waals surface area contributed by atoms with Crippen LogP contribution >= 0.6 is 11.3 Å². The van der Waals surface area contributed by atoms with Gasteiger partial charge in [0.2, 0.25) is 5.88 Å². The van der Waals surface area contributed by atoms with Crippen LogP contribution in [0.5, 0.6) is 5.88 Å². The molecule has 1 aliphatic rings. The van der Waals surface area contributed by atoms with Crippen molar-refractivity contribution in [3.05, 3.63) is 70.6 Å². The zero-order chi connectivity index (χ0) is 21.2. The summed E-state index contributed by atoms with van der Waals surface area (Å²) in [4.78, 5) is 24.4. The Morgan fingerprint density at radius 1 is 1.03 bits per heavy atom. The van der Waals surface area contributed by atoms with Crippen LogP contribution in [0.4, 0.5) is 5.69 Å². The summed E-state index contributed by atoms with van der Waals surface area (Å²) in [6.45, 7) is 1.96. The Labute approximate surface area is 185 Å². The molecule has 1 N–H and O–H groups in total. The summed E-state index contributed by atoms with van der Waals surface area (Å²) < 4.78 is 6.01. The number of fused-ring (bicyclic) bond motifs is 3. The average molecular weight is 430 g/mol. The Kier molecular flexibility index (Phi) is 5.38. The second-order valence-corrected chi connectivity index (χ2v) is 8.90. The Morgan fingerprint density at radius 2 is 1.81 bits per heavy atom. The zero-order valence-electron chi connectivity index (χ0n) is 17.4. The highest BCUT2D eigenvalue weighted by Crippen LogP contribution is 2.40. The Balaban J connectivity index is 1.49. The number of nitrogens with zero attached hydrogens (tertiary/aromatic N) is 2. The molecule has 1 aliphatic carbocycles. The summed E-state index contributed by atoms with van der Waals surface area (Å²) in [5, 5.41) is 3.84. The molecule has 0 aliphatic heterocycles. The van der Waals surface area contributed by atoms with E-state index in [1.165, 1.54) is 22.4 Å². The van der Waals surface area contributed by atoms with Gasteiger partial charge in [0.25, 0.3) is 5.91 Å². The fraction of sp³-hybridized carbons (Fsp3) is 0.240. The SMILES string of the molecule is Cc1ccc(-c2nc(OCC(=O)Nc3ccccc3)c3c4c(sc3n2)CCCC4)cc1. The van der Waals surface area contributed by atoms with Crippen LogP contribution in [0, 0.1) is 6.92 Å². The first kappa shape index (κ1) is 19.7. The van der Waals surface area contributed by atoms with Crippen LogP contribution in [-0.2, 0) is 17.6 Å². The van der Waals surface area contributed by atoms with Gasteiger partial charge in [0.15, 0.2) is 12.4 Å². The molecule has 0 bridgehead atoms. The fourth-order valence-electron chi connectivity index (χ4n) is 3.91. The third-order valence-corrected chi connectivity index (χ3v) is 6.67. The molecule has 4 aromatic rings. The maximum absolute atomic E-state index is 12.5. The second-order valence-electron chi connectivity index (χ2n) is 7.81. The maximum Gasteiger partial charge on any atom is 0.262 e. The van der Waals surface area contributed by atoms with Gasteiger partial charge in [-0.15, -0.1) is 11.3 Å². The van der Waals surface area contributed by atoms with Gasteiger partial charge in [0, 0.05) is 16.1 Å². The van der Waals surface area contributed by atoms with Crippen molar-refractivity contribution in [3.8, 4) is 17.3 Å². The number of carbonyl (C=O) groups excluding carboxylic acids is 1. The number of benzene rings is 2. The van der Waals surface area contributed by atoms with E-state index in [-0.39, 0.29) is 12.5 Å². The zero-order valence-corrected chi connectivity index (χ0v) is 18.2. The first-order chi connectivity index (χ1) is 15.2. The number of carbonyl (C=O) groups is 1. The van der Waals surface area contributed by atoms with Crippen LogP contribution < -0.4 is 10.1 Å². The van der Waals surface area contributed by atoms with Gasteiger partial charge in [-0.05, 0) is 50.3 Å². The quantitative estimate of drug-likeness (QED) is 0.451. The number of aromatic nitrogens is 2. The second kappa shape index (κ2) is 8.47. The molecule has 0 unspecified atom stereocenters. The number of aryl methyl sites for hydroxylation is 3. The van der Waals surface area contributed by atoms with Gasteiger partial charge < -0.3 is 10.1 Å². The minimum Gasteiger partial charge on any atom is -0.467 e. The summed E-state index contributed by atoms with van der Waals surface area (Å²) in [6, 6.07) is 17.5. The summed E-state index contributed by atoms with van der Waals surface area (Å²) >= 11 is 1.73. The standard InChI is InChI=1S/C25H23N3O2S/c1-16-11-13-17(14-12-16)23-27-24(30-15-21(29)26-18-7-3-2-4-8-18)22-19-9-5-6-10-20(19)31-25(22)28-23/h2-4,7-8,11-14H,5-6,9-10,15H2,1H3,(H,26,29). The molecule has 0 radical (unpaired) electrons. The van der Waals surface area contributed by atoms with Gasteiger partial charge in [0.1, 0.15) is 4.83 Å². The van der Waals surface area contributed by atoms with Crippen LogP contribution in [0.3, 0.4) is 0 Å². The lowest BCUT2D eigenvalue weighted by Crippen LogP contribution is -2.20. The number of thiophene rings is 1. The fourth-order valence-corrected chi connectivity index (χ4v) is 5.16. The lowest BCUT2D eigenvalue weighted by atomic mass is 9.97. The molecule has 0 saturated heterocycles. The summed E-state index contributed by atoms with van der Waals surface area (Å²) in [6.07, 6.45) is 4.44. The van der Waals surface area contributed by atoms with E-state index in [1.54, 1.807) is 11.3 Å². The van der Waals surface area contributed by atoms with Crippen LogP contribution in [0.25, 0.3) is 21.6 Å². The van der Waals surface area contributed by atoms with E-state index < -0.39 is 0 Å². The number of rotatable bonds is 5. The smallest absolute Gasteiger partial charge is 0.262 e. The van der Waals surface area contributed by atoms with E-state index in [0.717, 1.165) is 40.7 Å². The number of nitrogens with one attached hydrogen (secondary N) is 1. The van der Waals surface area contributed by atoms with Gasteiger partial charge in [-0.1, -0.05) is 48.0 Å². The first-order valence-corrected chi connectivity index (χ1v) is 11.4. The van der Waals surface area contributed by atoms with Crippen molar-refractivity contribution in [1.82, 2.24) is 9.97 Å². The molecule has 2 aromatic heterocycles. The lowest BCUT2D eigenvalue weighted by Gasteiger charge is -2.13. The predicted molar refractivity (Wildman–Crippen MR) is 125 cm³/mol. The Hall–Kier alpha value is -3.25. The molecule has 5 nitrogen and oxygen atoms in total. The van der Waals surface area contributed by atoms with Crippen molar-refractivity contribution in [3.63, 3.8) is 0 Å². The molecule has 5 rings (SSSR count). The van der Waals surface area contributed by atoms with Crippen molar-refractivity contribution < 1.29 is 9.53 Å². The number of hydrogen-bond donors (Lipinski definition) is 1. The Bertz CT molecular complexity index is 1230. The third-order valence-electron chi connectivity index (χ3n) is 5.49. The summed E-state index contributed by atoms with van der Waals surface area (Å²) in [5.74, 6) is 0.923. The van der Waals surface area contributed by atoms with E-state index in [0.29, 0.717) is 11.7 Å². The maximum atomic E-state index is 12.5. The van der Waals surface area contributed by atoms with Gasteiger partial charge in [0.05, 0.1) is 5.39 Å². The van der Waals surface area contributed by atoms with Crippen molar-refractivity contribution in [2.75, 3.05) is 11.9 Å². The van der Waals surface area contributed by atoms with E-state index >= 15 is 0 Å². The van der Waals surface area contributed by atoms with Crippen LogP contribution in [-0.4, -0.2) is 22.5 Å². The number of anilines is 1. The normalized spacial score (nSPS) is 13.1. The van der Waals surface area contributed by atoms with E-state index in [9.17, 15) is 4.79 Å². The number of para-hydroxylation sites is 1. The molecule has 2 aromatic carbocycles. The molecule has 0 spiro atoms. The van der Waals surface area contributed by atoms with Crippen LogP contribution in [0.1, 0.15) is 28.8 Å². The van der Waals surface area contributed by atoms with Gasteiger partial charge in [-0.3, -0.25) is 4.79 Å². The van der Waals surface area contributed by atoms with Crippen LogP contribution in [0.2, 0.25) is 0 Å². The van der Waals surface area contributed by atoms with E-state index in [1.807, 2.05) is 42.5 Å². The van der Waals surface area contributed by atoms with Gasteiger partial charge >= 0.3 is 0 Å². The molecule has 2 heterocycles. The van der Waals surface area contributed by atoms with E-state index in [2.05, 4.69) is 24.4 Å². The van der Waals surface area contributed by atoms with Gasteiger partial charge in [-0.2, -0.15) is 4.98 Å². The topological polar surface area (TPSA) is 64.1 Å². The molecular weight excluding hydrogens is 406 g/mol. The molecule has 1 amide bonds. The molecule has 31 heavy (non-hydrogen) atoms. The monoisotopic (exact) mass is 429 g/mol. The summed E-state index contributed by atoms with van der Waals surface area (Å²) in [7, 11) is 0. The largest absolute Gasteiger partial charge is 0.467 e. The number of amides is 1. The number of ether oxygens (including phenoxy) is 1. The lowest BCUT2D eigenvalue weighted by molar-refractivity contribution is -0.118. The van der Waals surface area contributed by atoms with Crippen LogP contribution in [0.15, 0.2) is 54.6 Å². The van der Waals surface area contributed by atoms with Crippen molar-refractivity contribution in [2.45, 2.75) is 32.6 Å². The van der Waals surface area contributed by atoms with Crippen molar-refractivity contribution in [2.24, 2.45) is 0 Å². The van der Waals surface area contributed by atoms with Crippen molar-refractivity contribution in [1.29, 1.82) is 0 Å². The highest BCUT2D eigenvalue weighted by Gasteiger charge is 2.23. The first-order valence-electron chi connectivity index (χ1n) is 10.5. The summed E-state index contributed by atoms with van der Waals surface area (Å²) in [5.41, 5.74) is 4.17. The van der Waals surface area contributed by atoms with Gasteiger partial charge in [-0.25, -0.2) is 4.98 Å². The minimum atomic E-state index is -0.209. The van der Waals surface area contributed by atoms with Crippen molar-refractivity contribution >= 4 is 33.1 Å². The minimum absolute atomic E-state index is 0.0982. The average Bonchev–Trinajstić information content (AvgIpc) is 3.17. The predicted octanol–water partition coefficient (Wildman–Crippen LogP) is 5.56.